The lowest BCUT2D eigenvalue weighted by Crippen LogP contribution is -2.39. The average molecular weight is 274 g/mol. The number of benzene rings is 1. The smallest absolute Gasteiger partial charge is 0.265 e. The van der Waals surface area contributed by atoms with Crippen LogP contribution in [-0.4, -0.2) is 25.0 Å². The third-order valence-electron chi connectivity index (χ3n) is 2.94. The number of amides is 2. The van der Waals surface area contributed by atoms with E-state index in [1.165, 1.54) is 0 Å². The highest BCUT2D eigenvalue weighted by atomic mass is 16.5. The van der Waals surface area contributed by atoms with E-state index in [0.29, 0.717) is 30.1 Å². The van der Waals surface area contributed by atoms with E-state index < -0.39 is 0 Å². The molecule has 2 rings (SSSR count). The lowest BCUT2D eigenvalue weighted by atomic mass is 10.2. The summed E-state index contributed by atoms with van der Waals surface area (Å²) in [6.45, 7) is 7.97. The van der Waals surface area contributed by atoms with E-state index in [2.05, 4.69) is 11.9 Å². The molecule has 5 heteroatoms. The Morgan fingerprint density at radius 1 is 1.50 bits per heavy atom. The van der Waals surface area contributed by atoms with Gasteiger partial charge in [0.15, 0.2) is 6.61 Å². The van der Waals surface area contributed by atoms with E-state index in [9.17, 15) is 9.59 Å². The minimum absolute atomic E-state index is 0.00541. The van der Waals surface area contributed by atoms with Gasteiger partial charge < -0.3 is 15.0 Å². The Labute approximate surface area is 118 Å². The predicted molar refractivity (Wildman–Crippen MR) is 78.0 cm³/mol. The number of anilines is 2. The van der Waals surface area contributed by atoms with Gasteiger partial charge in [-0.15, -0.1) is 0 Å². The maximum absolute atomic E-state index is 11.9. The summed E-state index contributed by atoms with van der Waals surface area (Å²) in [5.41, 5.74) is 2.27. The van der Waals surface area contributed by atoms with Gasteiger partial charge in [-0.25, -0.2) is 0 Å². The molecule has 0 saturated heterocycles. The van der Waals surface area contributed by atoms with E-state index in [1.807, 2.05) is 6.92 Å². The zero-order valence-electron chi connectivity index (χ0n) is 11.7. The van der Waals surface area contributed by atoms with E-state index >= 15 is 0 Å². The molecule has 1 heterocycles. The van der Waals surface area contributed by atoms with Gasteiger partial charge in [-0.2, -0.15) is 0 Å². The van der Waals surface area contributed by atoms with Crippen LogP contribution >= 0.6 is 0 Å². The van der Waals surface area contributed by atoms with E-state index in [-0.39, 0.29) is 18.4 Å². The van der Waals surface area contributed by atoms with Gasteiger partial charge in [0.25, 0.3) is 5.91 Å². The minimum atomic E-state index is -0.0918. The molecule has 106 valence electrons. The molecular formula is C15H18N2O3. The van der Waals surface area contributed by atoms with E-state index in [4.69, 9.17) is 4.74 Å². The van der Waals surface area contributed by atoms with Crippen molar-refractivity contribution in [3.63, 3.8) is 0 Å². The molecule has 1 N–H and O–H groups in total. The number of hydrogen-bond donors (Lipinski definition) is 1. The molecule has 0 spiro atoms. The summed E-state index contributed by atoms with van der Waals surface area (Å²) in [7, 11) is 0. The molecule has 20 heavy (non-hydrogen) atoms. The lowest BCUT2D eigenvalue weighted by Gasteiger charge is -2.29. The Kier molecular flexibility index (Phi) is 4.08. The van der Waals surface area contributed by atoms with Crippen molar-refractivity contribution >= 4 is 23.2 Å². The van der Waals surface area contributed by atoms with Crippen LogP contribution in [0.2, 0.25) is 0 Å². The Morgan fingerprint density at radius 2 is 2.25 bits per heavy atom. The molecule has 0 aliphatic carbocycles. The van der Waals surface area contributed by atoms with Crippen LogP contribution in [0, 0.1) is 0 Å². The Bertz CT molecular complexity index is 566. The van der Waals surface area contributed by atoms with Crippen molar-refractivity contribution in [3.05, 3.63) is 30.4 Å². The van der Waals surface area contributed by atoms with Crippen LogP contribution in [0.4, 0.5) is 11.4 Å². The first-order chi connectivity index (χ1) is 9.51. The van der Waals surface area contributed by atoms with Crippen LogP contribution in [0.5, 0.6) is 5.75 Å². The normalized spacial score (nSPS) is 13.5. The van der Waals surface area contributed by atoms with Crippen LogP contribution in [0.15, 0.2) is 30.4 Å². The second kappa shape index (κ2) is 5.77. The van der Waals surface area contributed by atoms with Gasteiger partial charge in [0.05, 0.1) is 5.69 Å². The van der Waals surface area contributed by atoms with Gasteiger partial charge in [0.2, 0.25) is 5.91 Å². The fourth-order valence-electron chi connectivity index (χ4n) is 1.97. The minimum Gasteiger partial charge on any atom is -0.481 e. The topological polar surface area (TPSA) is 58.6 Å². The van der Waals surface area contributed by atoms with Crippen molar-refractivity contribution in [2.24, 2.45) is 0 Å². The molecular weight excluding hydrogens is 256 g/mol. The Balaban J connectivity index is 2.28. The van der Waals surface area contributed by atoms with Crippen molar-refractivity contribution < 1.29 is 14.3 Å². The third kappa shape index (κ3) is 2.99. The number of carbonyl (C=O) groups excluding carboxylic acids is 2. The molecule has 0 radical (unpaired) electrons. The van der Waals surface area contributed by atoms with Gasteiger partial charge >= 0.3 is 0 Å². The van der Waals surface area contributed by atoms with Crippen molar-refractivity contribution in [2.45, 2.75) is 20.3 Å². The summed E-state index contributed by atoms with van der Waals surface area (Å²) >= 11 is 0. The summed E-state index contributed by atoms with van der Waals surface area (Å²) in [4.78, 5) is 24.9. The monoisotopic (exact) mass is 274 g/mol. The predicted octanol–water partition coefficient (Wildman–Crippen LogP) is 2.34. The van der Waals surface area contributed by atoms with Gasteiger partial charge in [-0.1, -0.05) is 19.1 Å². The van der Waals surface area contributed by atoms with Crippen LogP contribution in [0.25, 0.3) is 0 Å². The van der Waals surface area contributed by atoms with Gasteiger partial charge in [0, 0.05) is 24.7 Å². The highest BCUT2D eigenvalue weighted by Crippen LogP contribution is 2.34. The first-order valence-corrected chi connectivity index (χ1v) is 6.52. The molecule has 0 aromatic heterocycles. The van der Waals surface area contributed by atoms with Crippen molar-refractivity contribution in [1.29, 1.82) is 0 Å². The first-order valence-electron chi connectivity index (χ1n) is 6.52. The molecule has 1 aliphatic rings. The standard InChI is InChI=1S/C15H18N2O3/c1-4-14(18)16-11-5-6-12-13(7-11)20-9-15(19)17(12)8-10(2)3/h5-7H,2,4,8-9H2,1,3H3,(H,16,18). The number of hydrogen-bond acceptors (Lipinski definition) is 3. The molecule has 0 unspecified atom stereocenters. The number of rotatable bonds is 4. The van der Waals surface area contributed by atoms with Crippen molar-refractivity contribution in [3.8, 4) is 5.75 Å². The number of carbonyl (C=O) groups is 2. The fourth-order valence-corrected chi connectivity index (χ4v) is 1.97. The number of ether oxygens (including phenoxy) is 1. The van der Waals surface area contributed by atoms with Gasteiger partial charge in [-0.05, 0) is 19.1 Å². The molecule has 1 aliphatic heterocycles. The largest absolute Gasteiger partial charge is 0.481 e. The van der Waals surface area contributed by atoms with Crippen LogP contribution < -0.4 is 15.0 Å². The third-order valence-corrected chi connectivity index (χ3v) is 2.94. The van der Waals surface area contributed by atoms with Crippen LogP contribution in [-0.2, 0) is 9.59 Å². The molecule has 0 saturated carbocycles. The van der Waals surface area contributed by atoms with E-state index in [0.717, 1.165) is 5.57 Å². The van der Waals surface area contributed by atoms with Crippen LogP contribution in [0.3, 0.4) is 0 Å². The summed E-state index contributed by atoms with van der Waals surface area (Å²) in [6, 6.07) is 5.28. The second-order valence-electron chi connectivity index (χ2n) is 4.81. The van der Waals surface area contributed by atoms with Gasteiger partial charge in [0.1, 0.15) is 5.75 Å². The zero-order valence-corrected chi connectivity index (χ0v) is 11.7. The molecule has 0 bridgehead atoms. The van der Waals surface area contributed by atoms with E-state index in [1.54, 1.807) is 30.0 Å². The molecule has 0 atom stereocenters. The molecule has 1 aromatic rings. The molecule has 2 amide bonds. The highest BCUT2D eigenvalue weighted by molar-refractivity contribution is 5.99. The fraction of sp³-hybridized carbons (Fsp3) is 0.333. The maximum atomic E-state index is 11.9. The Hall–Kier alpha value is -2.30. The number of fused-ring (bicyclic) bond motifs is 1. The summed E-state index contributed by atoms with van der Waals surface area (Å²) in [5, 5.41) is 2.77. The summed E-state index contributed by atoms with van der Waals surface area (Å²) < 4.78 is 5.43. The SMILES string of the molecule is C=C(C)CN1C(=O)COc2cc(NC(=O)CC)ccc21. The summed E-state index contributed by atoms with van der Waals surface area (Å²) in [6.07, 6.45) is 0.415. The molecule has 1 aromatic carbocycles. The number of nitrogens with zero attached hydrogens (tertiary/aromatic N) is 1. The quantitative estimate of drug-likeness (QED) is 0.857. The molecule has 5 nitrogen and oxygen atoms in total. The van der Waals surface area contributed by atoms with Crippen molar-refractivity contribution in [2.75, 3.05) is 23.4 Å². The molecule has 0 fully saturated rings. The Morgan fingerprint density at radius 3 is 2.90 bits per heavy atom. The highest BCUT2D eigenvalue weighted by Gasteiger charge is 2.25. The first kappa shape index (κ1) is 14.1. The average Bonchev–Trinajstić information content (AvgIpc) is 2.41. The maximum Gasteiger partial charge on any atom is 0.265 e. The summed E-state index contributed by atoms with van der Waals surface area (Å²) in [5.74, 6) is 0.446. The van der Waals surface area contributed by atoms with Gasteiger partial charge in [-0.3, -0.25) is 9.59 Å². The second-order valence-corrected chi connectivity index (χ2v) is 4.81. The van der Waals surface area contributed by atoms with Crippen molar-refractivity contribution in [1.82, 2.24) is 0 Å². The zero-order chi connectivity index (χ0) is 14.7. The van der Waals surface area contributed by atoms with Crippen LogP contribution in [0.1, 0.15) is 20.3 Å². The number of nitrogens with one attached hydrogen (secondary N) is 1. The lowest BCUT2D eigenvalue weighted by molar-refractivity contribution is -0.121.